The zero-order valence-electron chi connectivity index (χ0n) is 14.4. The van der Waals surface area contributed by atoms with E-state index in [1.165, 1.54) is 6.07 Å². The highest BCUT2D eigenvalue weighted by Gasteiger charge is 2.19. The van der Waals surface area contributed by atoms with Crippen molar-refractivity contribution in [3.63, 3.8) is 0 Å². The molecule has 2 heterocycles. The Morgan fingerprint density at radius 3 is 2.62 bits per heavy atom. The summed E-state index contributed by atoms with van der Waals surface area (Å²) in [5.41, 5.74) is 7.07. The molecular formula is C17H21N7O2. The number of aliphatic imine (C=N–C) groups is 1. The van der Waals surface area contributed by atoms with Gasteiger partial charge in [-0.1, -0.05) is 12.1 Å². The Balaban J connectivity index is 1.50. The molecule has 0 saturated carbocycles. The second-order valence-corrected chi connectivity index (χ2v) is 5.94. The second kappa shape index (κ2) is 8.24. The number of nitrogens with zero attached hydrogens (tertiary/aromatic N) is 6. The van der Waals surface area contributed by atoms with Crippen LogP contribution in [0.1, 0.15) is 5.56 Å². The van der Waals surface area contributed by atoms with Gasteiger partial charge in [0.25, 0.3) is 5.69 Å². The summed E-state index contributed by atoms with van der Waals surface area (Å²) in [4.78, 5) is 27.5. The minimum atomic E-state index is -0.392. The van der Waals surface area contributed by atoms with Crippen LogP contribution in [-0.4, -0.2) is 58.5 Å². The zero-order valence-corrected chi connectivity index (χ0v) is 14.4. The van der Waals surface area contributed by atoms with E-state index in [1.54, 1.807) is 30.6 Å². The van der Waals surface area contributed by atoms with E-state index in [9.17, 15) is 10.1 Å². The van der Waals surface area contributed by atoms with E-state index in [0.29, 0.717) is 18.9 Å². The lowest BCUT2D eigenvalue weighted by Crippen LogP contribution is -2.51. The number of hydrogen-bond donors (Lipinski definition) is 1. The molecule has 0 amide bonds. The summed E-state index contributed by atoms with van der Waals surface area (Å²) in [6.45, 7) is 3.57. The first kappa shape index (κ1) is 17.6. The van der Waals surface area contributed by atoms with Crippen molar-refractivity contribution < 1.29 is 4.92 Å². The van der Waals surface area contributed by atoms with Gasteiger partial charge in [-0.3, -0.25) is 15.1 Å². The lowest BCUT2D eigenvalue weighted by molar-refractivity contribution is -0.384. The summed E-state index contributed by atoms with van der Waals surface area (Å²) >= 11 is 0. The van der Waals surface area contributed by atoms with Crippen molar-refractivity contribution in [2.45, 2.75) is 6.42 Å². The average molecular weight is 355 g/mol. The third-order valence-electron chi connectivity index (χ3n) is 4.23. The van der Waals surface area contributed by atoms with Gasteiger partial charge in [0.2, 0.25) is 5.95 Å². The number of nitro benzene ring substituents is 1. The van der Waals surface area contributed by atoms with Gasteiger partial charge in [0, 0.05) is 57.3 Å². The Morgan fingerprint density at radius 1 is 1.19 bits per heavy atom. The molecule has 1 aliphatic heterocycles. The standard InChI is InChI=1S/C17H21N7O2/c18-16(19-8-5-14-3-1-4-15(13-14)24(25)26)22-9-11-23(12-10-22)17-20-6-2-7-21-17/h1-4,6-7,13H,5,8-12H2,(H2,18,19). The van der Waals surface area contributed by atoms with Crippen molar-refractivity contribution in [2.75, 3.05) is 37.6 Å². The number of hydrogen-bond acceptors (Lipinski definition) is 6. The number of benzene rings is 1. The number of nitrogens with two attached hydrogens (primary N) is 1. The molecule has 1 saturated heterocycles. The van der Waals surface area contributed by atoms with Gasteiger partial charge in [-0.15, -0.1) is 0 Å². The van der Waals surface area contributed by atoms with E-state index in [0.717, 1.165) is 37.7 Å². The second-order valence-electron chi connectivity index (χ2n) is 5.94. The maximum absolute atomic E-state index is 10.8. The highest BCUT2D eigenvalue weighted by atomic mass is 16.6. The molecule has 1 fully saturated rings. The Hall–Kier alpha value is -3.23. The first-order valence-corrected chi connectivity index (χ1v) is 8.43. The largest absolute Gasteiger partial charge is 0.370 e. The number of rotatable bonds is 5. The summed E-state index contributed by atoms with van der Waals surface area (Å²) in [5, 5.41) is 10.8. The molecule has 0 aliphatic carbocycles. The Kier molecular flexibility index (Phi) is 5.57. The smallest absolute Gasteiger partial charge is 0.269 e. The molecule has 0 radical (unpaired) electrons. The molecule has 0 spiro atoms. The highest BCUT2D eigenvalue weighted by Crippen LogP contribution is 2.13. The van der Waals surface area contributed by atoms with Gasteiger partial charge in [-0.25, -0.2) is 9.97 Å². The van der Waals surface area contributed by atoms with Crippen molar-refractivity contribution in [1.29, 1.82) is 0 Å². The molecule has 9 nitrogen and oxygen atoms in total. The third-order valence-corrected chi connectivity index (χ3v) is 4.23. The molecule has 136 valence electrons. The van der Waals surface area contributed by atoms with E-state index >= 15 is 0 Å². The molecule has 1 aromatic carbocycles. The first-order valence-electron chi connectivity index (χ1n) is 8.43. The van der Waals surface area contributed by atoms with Crippen molar-refractivity contribution in [3.05, 3.63) is 58.4 Å². The fraction of sp³-hybridized carbons (Fsp3) is 0.353. The Morgan fingerprint density at radius 2 is 1.92 bits per heavy atom. The fourth-order valence-corrected chi connectivity index (χ4v) is 2.82. The average Bonchev–Trinajstić information content (AvgIpc) is 2.69. The summed E-state index contributed by atoms with van der Waals surface area (Å²) in [6.07, 6.45) is 4.08. The number of piperazine rings is 1. The topological polar surface area (TPSA) is 114 Å². The van der Waals surface area contributed by atoms with E-state index in [4.69, 9.17) is 5.73 Å². The van der Waals surface area contributed by atoms with Crippen LogP contribution >= 0.6 is 0 Å². The zero-order chi connectivity index (χ0) is 18.4. The normalized spacial score (nSPS) is 15.2. The van der Waals surface area contributed by atoms with Crippen LogP contribution in [0.3, 0.4) is 0 Å². The monoisotopic (exact) mass is 355 g/mol. The minimum absolute atomic E-state index is 0.0960. The maximum atomic E-state index is 10.8. The molecule has 1 aliphatic rings. The Labute approximate surface area is 151 Å². The van der Waals surface area contributed by atoms with Gasteiger partial charge in [0.1, 0.15) is 0 Å². The van der Waals surface area contributed by atoms with Crippen LogP contribution in [0.25, 0.3) is 0 Å². The van der Waals surface area contributed by atoms with Crippen molar-refractivity contribution >= 4 is 17.6 Å². The summed E-state index contributed by atoms with van der Waals surface area (Å²) < 4.78 is 0. The van der Waals surface area contributed by atoms with Crippen molar-refractivity contribution in [1.82, 2.24) is 14.9 Å². The van der Waals surface area contributed by atoms with Gasteiger partial charge in [-0.05, 0) is 18.1 Å². The minimum Gasteiger partial charge on any atom is -0.370 e. The maximum Gasteiger partial charge on any atom is 0.269 e. The summed E-state index contributed by atoms with van der Waals surface area (Å²) in [5.74, 6) is 1.23. The van der Waals surface area contributed by atoms with Gasteiger partial charge in [-0.2, -0.15) is 0 Å². The van der Waals surface area contributed by atoms with Crippen LogP contribution < -0.4 is 10.6 Å². The van der Waals surface area contributed by atoms with E-state index in [2.05, 4.69) is 19.9 Å². The molecule has 9 heteroatoms. The van der Waals surface area contributed by atoms with Crippen LogP contribution in [0.2, 0.25) is 0 Å². The quantitative estimate of drug-likeness (QED) is 0.369. The molecule has 2 aromatic rings. The van der Waals surface area contributed by atoms with Crippen LogP contribution in [0.15, 0.2) is 47.7 Å². The van der Waals surface area contributed by atoms with Crippen LogP contribution in [0, 0.1) is 10.1 Å². The van der Waals surface area contributed by atoms with E-state index in [-0.39, 0.29) is 5.69 Å². The van der Waals surface area contributed by atoms with Crippen molar-refractivity contribution in [2.24, 2.45) is 10.7 Å². The number of aromatic nitrogens is 2. The molecule has 0 atom stereocenters. The van der Waals surface area contributed by atoms with Crippen LogP contribution in [0.5, 0.6) is 0 Å². The Bertz CT molecular complexity index is 774. The highest BCUT2D eigenvalue weighted by molar-refractivity contribution is 5.78. The number of anilines is 1. The van der Waals surface area contributed by atoms with E-state index < -0.39 is 4.92 Å². The van der Waals surface area contributed by atoms with Gasteiger partial charge in [0.15, 0.2) is 5.96 Å². The predicted molar refractivity (Wildman–Crippen MR) is 99.1 cm³/mol. The molecule has 2 N–H and O–H groups in total. The summed E-state index contributed by atoms with van der Waals surface area (Å²) in [7, 11) is 0. The molecule has 1 aromatic heterocycles. The van der Waals surface area contributed by atoms with E-state index in [1.807, 2.05) is 11.0 Å². The van der Waals surface area contributed by atoms with Gasteiger partial charge < -0.3 is 15.5 Å². The number of nitro groups is 1. The number of guanidine groups is 1. The van der Waals surface area contributed by atoms with Crippen molar-refractivity contribution in [3.8, 4) is 0 Å². The molecular weight excluding hydrogens is 334 g/mol. The van der Waals surface area contributed by atoms with Gasteiger partial charge >= 0.3 is 0 Å². The lowest BCUT2D eigenvalue weighted by atomic mass is 10.1. The molecule has 0 unspecified atom stereocenters. The fourth-order valence-electron chi connectivity index (χ4n) is 2.82. The molecule has 0 bridgehead atoms. The van der Waals surface area contributed by atoms with Crippen LogP contribution in [-0.2, 0) is 6.42 Å². The van der Waals surface area contributed by atoms with Gasteiger partial charge in [0.05, 0.1) is 4.92 Å². The summed E-state index contributed by atoms with van der Waals surface area (Å²) in [6, 6.07) is 8.40. The number of non-ortho nitro benzene ring substituents is 1. The molecule has 3 rings (SSSR count). The van der Waals surface area contributed by atoms with Crippen LogP contribution in [0.4, 0.5) is 11.6 Å². The SMILES string of the molecule is NC(=NCCc1cccc([N+](=O)[O-])c1)N1CCN(c2ncccn2)CC1. The molecule has 26 heavy (non-hydrogen) atoms. The lowest BCUT2D eigenvalue weighted by Gasteiger charge is -2.35. The first-order chi connectivity index (χ1) is 12.6. The predicted octanol–water partition coefficient (Wildman–Crippen LogP) is 1.06. The third kappa shape index (κ3) is 4.44.